The van der Waals surface area contributed by atoms with Crippen LogP contribution in [-0.2, 0) is 0 Å². The summed E-state index contributed by atoms with van der Waals surface area (Å²) in [4.78, 5) is 0. The van der Waals surface area contributed by atoms with Crippen LogP contribution in [0.15, 0.2) is 122 Å². The molecule has 0 aromatic heterocycles. The van der Waals surface area contributed by atoms with Crippen LogP contribution in [0.1, 0.15) is 5.56 Å². The number of fused-ring (bicyclic) bond motifs is 3. The summed E-state index contributed by atoms with van der Waals surface area (Å²) >= 11 is 0. The Labute approximate surface area is 188 Å². The van der Waals surface area contributed by atoms with Crippen LogP contribution in [-0.4, -0.2) is 0 Å². The minimum absolute atomic E-state index is 1.15. The molecular formula is C32H22. The molecule has 0 atom stereocenters. The number of benzene rings is 6. The second-order valence-corrected chi connectivity index (χ2v) is 8.19. The van der Waals surface area contributed by atoms with Crippen molar-refractivity contribution in [3.05, 3.63) is 127 Å². The highest BCUT2D eigenvalue weighted by atomic mass is 14.2. The predicted molar refractivity (Wildman–Crippen MR) is 140 cm³/mol. The van der Waals surface area contributed by atoms with Crippen molar-refractivity contribution >= 4 is 38.4 Å². The molecule has 0 aliphatic rings. The maximum Gasteiger partial charge on any atom is -0.00143 e. The van der Waals surface area contributed by atoms with Gasteiger partial charge in [-0.25, -0.2) is 0 Å². The Hall–Kier alpha value is -4.16. The second kappa shape index (κ2) is 7.51. The monoisotopic (exact) mass is 406 g/mol. The third-order valence-corrected chi connectivity index (χ3v) is 6.44. The molecule has 150 valence electrons. The number of rotatable bonds is 3. The molecule has 0 bridgehead atoms. The normalized spacial score (nSPS) is 11.2. The lowest BCUT2D eigenvalue weighted by Gasteiger charge is -2.19. The van der Waals surface area contributed by atoms with Crippen LogP contribution in [0, 0.1) is 0 Å². The highest BCUT2D eigenvalue weighted by molar-refractivity contribution is 6.14. The van der Waals surface area contributed by atoms with E-state index in [0.29, 0.717) is 0 Å². The van der Waals surface area contributed by atoms with Crippen LogP contribution in [0.25, 0.3) is 60.6 Å². The molecule has 0 fully saturated rings. The van der Waals surface area contributed by atoms with Crippen LogP contribution in [0.2, 0.25) is 0 Å². The van der Waals surface area contributed by atoms with Crippen molar-refractivity contribution < 1.29 is 0 Å². The summed E-state index contributed by atoms with van der Waals surface area (Å²) in [5.74, 6) is 0. The van der Waals surface area contributed by atoms with Gasteiger partial charge in [0, 0.05) is 0 Å². The fraction of sp³-hybridized carbons (Fsp3) is 0. The van der Waals surface area contributed by atoms with Crippen molar-refractivity contribution in [1.82, 2.24) is 0 Å². The Bertz CT molecular complexity index is 1630. The fourth-order valence-corrected chi connectivity index (χ4v) is 4.96. The molecule has 6 aromatic carbocycles. The van der Waals surface area contributed by atoms with Crippen molar-refractivity contribution in [3.8, 4) is 22.3 Å². The van der Waals surface area contributed by atoms with Crippen molar-refractivity contribution in [2.75, 3.05) is 0 Å². The molecule has 0 heteroatoms. The predicted octanol–water partition coefficient (Wildman–Crippen LogP) is 9.12. The topological polar surface area (TPSA) is 0 Å². The third-order valence-electron chi connectivity index (χ3n) is 6.44. The van der Waals surface area contributed by atoms with Crippen LogP contribution < -0.4 is 0 Å². The molecule has 0 spiro atoms. The molecule has 0 aliphatic heterocycles. The minimum atomic E-state index is 1.15. The van der Waals surface area contributed by atoms with Gasteiger partial charge >= 0.3 is 0 Å². The largest absolute Gasteiger partial charge is 0.0984 e. The van der Waals surface area contributed by atoms with Gasteiger partial charge in [-0.3, -0.25) is 0 Å². The van der Waals surface area contributed by atoms with Gasteiger partial charge in [-0.05, 0) is 60.1 Å². The van der Waals surface area contributed by atoms with E-state index >= 15 is 0 Å². The first-order valence-corrected chi connectivity index (χ1v) is 11.0. The van der Waals surface area contributed by atoms with Gasteiger partial charge in [0.1, 0.15) is 0 Å². The Morgan fingerprint density at radius 1 is 0.406 bits per heavy atom. The van der Waals surface area contributed by atoms with E-state index in [9.17, 15) is 0 Å². The van der Waals surface area contributed by atoms with E-state index < -0.39 is 0 Å². The van der Waals surface area contributed by atoms with Crippen LogP contribution in [0.5, 0.6) is 0 Å². The van der Waals surface area contributed by atoms with Crippen molar-refractivity contribution in [2.45, 2.75) is 0 Å². The van der Waals surface area contributed by atoms with E-state index in [1.54, 1.807) is 0 Å². The summed E-state index contributed by atoms with van der Waals surface area (Å²) in [6.45, 7) is 4.16. The van der Waals surface area contributed by atoms with E-state index in [1.807, 2.05) is 6.08 Å². The molecule has 0 amide bonds. The van der Waals surface area contributed by atoms with Gasteiger partial charge in [0.2, 0.25) is 0 Å². The lowest BCUT2D eigenvalue weighted by atomic mass is 9.84. The van der Waals surface area contributed by atoms with E-state index in [1.165, 1.54) is 54.6 Å². The highest BCUT2D eigenvalue weighted by Gasteiger charge is 2.18. The highest BCUT2D eigenvalue weighted by Crippen LogP contribution is 2.44. The van der Waals surface area contributed by atoms with E-state index in [4.69, 9.17) is 0 Å². The molecule has 0 unspecified atom stereocenters. The minimum Gasteiger partial charge on any atom is -0.0984 e. The molecule has 6 rings (SSSR count). The zero-order chi connectivity index (χ0) is 21.5. The first-order chi connectivity index (χ1) is 15.8. The van der Waals surface area contributed by atoms with Gasteiger partial charge in [0.05, 0.1) is 0 Å². The van der Waals surface area contributed by atoms with E-state index in [0.717, 1.165) is 5.56 Å². The Morgan fingerprint density at radius 3 is 1.62 bits per heavy atom. The van der Waals surface area contributed by atoms with Crippen molar-refractivity contribution in [1.29, 1.82) is 0 Å². The van der Waals surface area contributed by atoms with Gasteiger partial charge in [0.25, 0.3) is 0 Å². The molecular weight excluding hydrogens is 384 g/mol. The summed E-state index contributed by atoms with van der Waals surface area (Å²) in [7, 11) is 0. The van der Waals surface area contributed by atoms with Gasteiger partial charge in [-0.2, -0.15) is 0 Å². The zero-order valence-electron chi connectivity index (χ0n) is 17.8. The molecule has 0 N–H and O–H groups in total. The SMILES string of the molecule is C=Cc1ccc2ccccc2c1-c1c(-c2cccc3ccccc23)ccc2ccccc12. The van der Waals surface area contributed by atoms with Gasteiger partial charge in [0.15, 0.2) is 0 Å². The number of hydrogen-bond acceptors (Lipinski definition) is 0. The molecule has 0 saturated carbocycles. The van der Waals surface area contributed by atoms with Gasteiger partial charge in [-0.1, -0.05) is 128 Å². The average Bonchev–Trinajstić information content (AvgIpc) is 2.87. The maximum absolute atomic E-state index is 4.16. The quantitative estimate of drug-likeness (QED) is 0.275. The molecule has 0 saturated heterocycles. The number of hydrogen-bond donors (Lipinski definition) is 0. The standard InChI is InChI=1S/C32H22/c1-2-22-18-19-24-11-4-7-15-27(24)31(22)32-28-16-8-5-12-25(28)20-21-30(32)29-17-9-13-23-10-3-6-14-26(23)29/h2-21H,1H2. The van der Waals surface area contributed by atoms with E-state index in [2.05, 4.69) is 122 Å². The third kappa shape index (κ3) is 2.85. The molecule has 32 heavy (non-hydrogen) atoms. The second-order valence-electron chi connectivity index (χ2n) is 8.19. The summed E-state index contributed by atoms with van der Waals surface area (Å²) in [5, 5.41) is 7.53. The summed E-state index contributed by atoms with van der Waals surface area (Å²) < 4.78 is 0. The van der Waals surface area contributed by atoms with Crippen LogP contribution >= 0.6 is 0 Å². The molecule has 6 aromatic rings. The van der Waals surface area contributed by atoms with Crippen molar-refractivity contribution in [2.24, 2.45) is 0 Å². The Morgan fingerprint density at radius 2 is 0.938 bits per heavy atom. The molecule has 0 nitrogen and oxygen atoms in total. The molecule has 0 aliphatic carbocycles. The molecule has 0 radical (unpaired) electrons. The summed E-state index contributed by atoms with van der Waals surface area (Å²) in [5.41, 5.74) is 6.18. The summed E-state index contributed by atoms with van der Waals surface area (Å²) in [6, 6.07) is 41.5. The fourth-order valence-electron chi connectivity index (χ4n) is 4.96. The first-order valence-electron chi connectivity index (χ1n) is 11.0. The Balaban J connectivity index is 1.83. The summed E-state index contributed by atoms with van der Waals surface area (Å²) in [6.07, 6.45) is 1.98. The lowest BCUT2D eigenvalue weighted by molar-refractivity contribution is 1.63. The van der Waals surface area contributed by atoms with Gasteiger partial charge in [-0.15, -0.1) is 0 Å². The van der Waals surface area contributed by atoms with E-state index in [-0.39, 0.29) is 0 Å². The molecule has 0 heterocycles. The Kier molecular flexibility index (Phi) is 4.37. The van der Waals surface area contributed by atoms with Gasteiger partial charge < -0.3 is 0 Å². The zero-order valence-corrected chi connectivity index (χ0v) is 17.8. The van der Waals surface area contributed by atoms with Crippen molar-refractivity contribution in [3.63, 3.8) is 0 Å². The smallest absolute Gasteiger partial charge is 0.00143 e. The average molecular weight is 407 g/mol. The van der Waals surface area contributed by atoms with Crippen LogP contribution in [0.4, 0.5) is 0 Å². The van der Waals surface area contributed by atoms with Crippen LogP contribution in [0.3, 0.4) is 0 Å². The lowest BCUT2D eigenvalue weighted by Crippen LogP contribution is -1.93. The maximum atomic E-state index is 4.16. The first kappa shape index (κ1) is 18.6.